The Balaban J connectivity index is 2.22. The molecule has 2 aromatic rings. The van der Waals surface area contributed by atoms with Crippen molar-refractivity contribution >= 4 is 11.6 Å². The molecule has 0 saturated heterocycles. The maximum absolute atomic E-state index is 11.1. The number of benzene rings is 2. The van der Waals surface area contributed by atoms with E-state index in [1.54, 1.807) is 24.3 Å². The van der Waals surface area contributed by atoms with E-state index < -0.39 is 5.91 Å². The number of amides is 1. The third-order valence-corrected chi connectivity index (χ3v) is 3.29. The Morgan fingerprint density at radius 1 is 1.25 bits per heavy atom. The number of para-hydroxylation sites is 1. The minimum absolute atomic E-state index is 0.0469. The number of nitrogens with one attached hydrogen (secondary N) is 1. The van der Waals surface area contributed by atoms with Crippen molar-refractivity contribution in [2.75, 3.05) is 5.32 Å². The molecule has 0 aromatic heterocycles. The molecule has 1 atom stereocenters. The van der Waals surface area contributed by atoms with Crippen molar-refractivity contribution in [3.63, 3.8) is 0 Å². The topological polar surface area (TPSA) is 75.4 Å². The van der Waals surface area contributed by atoms with Gasteiger partial charge < -0.3 is 16.2 Å². The van der Waals surface area contributed by atoms with Gasteiger partial charge in [-0.2, -0.15) is 0 Å². The van der Waals surface area contributed by atoms with E-state index in [2.05, 4.69) is 5.32 Å². The molecule has 0 aliphatic heterocycles. The zero-order valence-electron chi connectivity index (χ0n) is 11.6. The lowest BCUT2D eigenvalue weighted by Gasteiger charge is -2.18. The first-order chi connectivity index (χ1) is 9.49. The molecule has 0 fully saturated rings. The van der Waals surface area contributed by atoms with Crippen molar-refractivity contribution in [1.82, 2.24) is 0 Å². The van der Waals surface area contributed by atoms with Crippen LogP contribution in [-0.4, -0.2) is 11.0 Å². The first-order valence-corrected chi connectivity index (χ1v) is 6.44. The van der Waals surface area contributed by atoms with Gasteiger partial charge in [-0.1, -0.05) is 18.2 Å². The molecule has 0 saturated carbocycles. The summed E-state index contributed by atoms with van der Waals surface area (Å²) < 4.78 is 0. The van der Waals surface area contributed by atoms with Crippen LogP contribution in [0.4, 0.5) is 5.69 Å². The number of aryl methyl sites for hydroxylation is 1. The minimum Gasteiger partial charge on any atom is -0.508 e. The third-order valence-electron chi connectivity index (χ3n) is 3.29. The Kier molecular flexibility index (Phi) is 3.94. The maximum Gasteiger partial charge on any atom is 0.248 e. The van der Waals surface area contributed by atoms with Gasteiger partial charge in [-0.15, -0.1) is 0 Å². The van der Waals surface area contributed by atoms with Crippen molar-refractivity contribution in [2.45, 2.75) is 19.9 Å². The second-order valence-corrected chi connectivity index (χ2v) is 4.82. The Morgan fingerprint density at radius 2 is 1.95 bits per heavy atom. The predicted octanol–water partition coefficient (Wildman–Crippen LogP) is 2.97. The zero-order chi connectivity index (χ0) is 14.7. The van der Waals surface area contributed by atoms with Gasteiger partial charge >= 0.3 is 0 Å². The summed E-state index contributed by atoms with van der Waals surface area (Å²) in [6.07, 6.45) is 0. The summed E-state index contributed by atoms with van der Waals surface area (Å²) in [5, 5.41) is 13.2. The fraction of sp³-hybridized carbons (Fsp3) is 0.188. The molecule has 20 heavy (non-hydrogen) atoms. The number of phenols is 1. The molecule has 4 nitrogen and oxygen atoms in total. The number of anilines is 1. The summed E-state index contributed by atoms with van der Waals surface area (Å²) in [5.74, 6) is -0.174. The van der Waals surface area contributed by atoms with Crippen molar-refractivity contribution in [3.05, 3.63) is 59.2 Å². The fourth-order valence-corrected chi connectivity index (χ4v) is 2.14. The molecule has 1 unspecified atom stereocenters. The van der Waals surface area contributed by atoms with E-state index in [1.165, 1.54) is 0 Å². The monoisotopic (exact) mass is 270 g/mol. The molecular weight excluding hydrogens is 252 g/mol. The molecule has 0 spiro atoms. The molecule has 0 radical (unpaired) electrons. The smallest absolute Gasteiger partial charge is 0.248 e. The van der Waals surface area contributed by atoms with Crippen LogP contribution >= 0.6 is 0 Å². The fourth-order valence-electron chi connectivity index (χ4n) is 2.14. The van der Waals surface area contributed by atoms with Crippen LogP contribution in [0.15, 0.2) is 42.5 Å². The summed E-state index contributed by atoms with van der Waals surface area (Å²) in [4.78, 5) is 11.1. The highest BCUT2D eigenvalue weighted by molar-refractivity contribution is 5.93. The van der Waals surface area contributed by atoms with E-state index in [1.807, 2.05) is 32.0 Å². The van der Waals surface area contributed by atoms with Gasteiger partial charge in [0.25, 0.3) is 0 Å². The predicted molar refractivity (Wildman–Crippen MR) is 79.8 cm³/mol. The zero-order valence-corrected chi connectivity index (χ0v) is 11.6. The third kappa shape index (κ3) is 2.91. The van der Waals surface area contributed by atoms with Gasteiger partial charge in [-0.05, 0) is 43.7 Å². The lowest BCUT2D eigenvalue weighted by molar-refractivity contribution is 0.1000. The largest absolute Gasteiger partial charge is 0.508 e. The van der Waals surface area contributed by atoms with Crippen LogP contribution in [0.2, 0.25) is 0 Å². The standard InChI is InChI=1S/C16H18N2O2/c1-10-9-12(16(17)20)7-8-14(10)18-11(2)13-5-3-4-6-15(13)19/h3-9,11,18-19H,1-2H3,(H2,17,20). The van der Waals surface area contributed by atoms with Gasteiger partial charge in [0.05, 0.1) is 6.04 Å². The number of carbonyl (C=O) groups is 1. The van der Waals surface area contributed by atoms with Gasteiger partial charge in [0, 0.05) is 16.8 Å². The number of aromatic hydroxyl groups is 1. The number of hydrogen-bond acceptors (Lipinski definition) is 3. The van der Waals surface area contributed by atoms with Crippen molar-refractivity contribution < 1.29 is 9.90 Å². The Bertz CT molecular complexity index is 638. The van der Waals surface area contributed by atoms with E-state index in [4.69, 9.17) is 5.73 Å². The summed E-state index contributed by atoms with van der Waals surface area (Å²) in [6.45, 7) is 3.88. The van der Waals surface area contributed by atoms with Crippen LogP contribution in [0.5, 0.6) is 5.75 Å². The van der Waals surface area contributed by atoms with E-state index >= 15 is 0 Å². The number of hydrogen-bond donors (Lipinski definition) is 3. The molecule has 0 heterocycles. The molecule has 0 aliphatic rings. The highest BCUT2D eigenvalue weighted by Gasteiger charge is 2.11. The van der Waals surface area contributed by atoms with Crippen LogP contribution in [0.25, 0.3) is 0 Å². The van der Waals surface area contributed by atoms with Crippen LogP contribution in [0, 0.1) is 6.92 Å². The Morgan fingerprint density at radius 3 is 2.55 bits per heavy atom. The van der Waals surface area contributed by atoms with E-state index in [-0.39, 0.29) is 11.8 Å². The number of phenolic OH excluding ortho intramolecular Hbond substituents is 1. The molecule has 2 rings (SSSR count). The van der Waals surface area contributed by atoms with Crippen molar-refractivity contribution in [2.24, 2.45) is 5.73 Å². The maximum atomic E-state index is 11.1. The Labute approximate surface area is 118 Å². The van der Waals surface area contributed by atoms with Crippen molar-refractivity contribution in [3.8, 4) is 5.75 Å². The van der Waals surface area contributed by atoms with Gasteiger partial charge in [-0.3, -0.25) is 4.79 Å². The molecule has 2 aromatic carbocycles. The molecule has 4 heteroatoms. The summed E-state index contributed by atoms with van der Waals surface area (Å²) in [6, 6.07) is 12.4. The normalized spacial score (nSPS) is 11.9. The number of nitrogens with two attached hydrogens (primary N) is 1. The van der Waals surface area contributed by atoms with Gasteiger partial charge in [-0.25, -0.2) is 0 Å². The summed E-state index contributed by atoms with van der Waals surface area (Å²) >= 11 is 0. The van der Waals surface area contributed by atoms with Crippen LogP contribution in [-0.2, 0) is 0 Å². The molecule has 4 N–H and O–H groups in total. The van der Waals surface area contributed by atoms with E-state index in [0.29, 0.717) is 5.56 Å². The quantitative estimate of drug-likeness (QED) is 0.799. The van der Waals surface area contributed by atoms with Crippen LogP contribution in [0.3, 0.4) is 0 Å². The van der Waals surface area contributed by atoms with E-state index in [0.717, 1.165) is 16.8 Å². The van der Waals surface area contributed by atoms with Gasteiger partial charge in [0.15, 0.2) is 0 Å². The highest BCUT2D eigenvalue weighted by Crippen LogP contribution is 2.28. The number of primary amides is 1. The summed E-state index contributed by atoms with van der Waals surface area (Å²) in [7, 11) is 0. The molecule has 0 aliphatic carbocycles. The van der Waals surface area contributed by atoms with Gasteiger partial charge in [0.1, 0.15) is 5.75 Å². The average molecular weight is 270 g/mol. The second-order valence-electron chi connectivity index (χ2n) is 4.82. The molecule has 0 bridgehead atoms. The van der Waals surface area contributed by atoms with Crippen molar-refractivity contribution in [1.29, 1.82) is 0 Å². The molecular formula is C16H18N2O2. The van der Waals surface area contributed by atoms with E-state index in [9.17, 15) is 9.90 Å². The first-order valence-electron chi connectivity index (χ1n) is 6.44. The number of rotatable bonds is 4. The average Bonchev–Trinajstić information content (AvgIpc) is 2.41. The summed E-state index contributed by atoms with van der Waals surface area (Å²) in [5.41, 5.74) is 8.41. The van der Waals surface area contributed by atoms with Crippen LogP contribution in [0.1, 0.15) is 34.5 Å². The molecule has 1 amide bonds. The molecule has 104 valence electrons. The number of carbonyl (C=O) groups excluding carboxylic acids is 1. The lowest BCUT2D eigenvalue weighted by atomic mass is 10.0. The highest BCUT2D eigenvalue weighted by atomic mass is 16.3. The van der Waals surface area contributed by atoms with Crippen LogP contribution < -0.4 is 11.1 Å². The minimum atomic E-state index is -0.437. The Hall–Kier alpha value is -2.49. The SMILES string of the molecule is Cc1cc(C(N)=O)ccc1NC(C)c1ccccc1O. The van der Waals surface area contributed by atoms with Gasteiger partial charge in [0.2, 0.25) is 5.91 Å². The second kappa shape index (κ2) is 5.65. The first kappa shape index (κ1) is 13.9. The lowest BCUT2D eigenvalue weighted by Crippen LogP contribution is -2.12.